The number of aryl methyl sites for hydroxylation is 1. The van der Waals surface area contributed by atoms with E-state index >= 15 is 0 Å². The maximum Gasteiger partial charge on any atom is 0.252 e. The molecule has 25 heavy (non-hydrogen) atoms. The highest BCUT2D eigenvalue weighted by Gasteiger charge is 2.17. The molecule has 1 aromatic carbocycles. The third-order valence-electron chi connectivity index (χ3n) is 3.68. The summed E-state index contributed by atoms with van der Waals surface area (Å²) >= 11 is 0. The van der Waals surface area contributed by atoms with Crippen molar-refractivity contribution in [1.29, 1.82) is 0 Å². The molecule has 0 saturated heterocycles. The van der Waals surface area contributed by atoms with Crippen LogP contribution < -0.4 is 16.0 Å². The lowest BCUT2D eigenvalue weighted by Crippen LogP contribution is -2.14. The fourth-order valence-electron chi connectivity index (χ4n) is 2.61. The van der Waals surface area contributed by atoms with Gasteiger partial charge in [-0.1, -0.05) is 0 Å². The van der Waals surface area contributed by atoms with Crippen molar-refractivity contribution < 1.29 is 13.6 Å². The van der Waals surface area contributed by atoms with E-state index in [1.807, 2.05) is 0 Å². The monoisotopic (exact) mass is 346 g/mol. The first-order chi connectivity index (χ1) is 11.8. The second-order valence-electron chi connectivity index (χ2n) is 5.73. The molecule has 0 aliphatic heterocycles. The van der Waals surface area contributed by atoms with Crippen LogP contribution in [0.4, 0.5) is 26.1 Å². The first-order valence-corrected chi connectivity index (χ1v) is 7.34. The SMILES string of the molecule is CN(C)c1nn(C)c2c(F)cc(Nc3ncc(F)cc3C(N)=O)cc12. The number of nitrogens with zero attached hydrogens (tertiary/aromatic N) is 4. The van der Waals surface area contributed by atoms with Crippen molar-refractivity contribution in [2.75, 3.05) is 24.3 Å². The van der Waals surface area contributed by atoms with Crippen molar-refractivity contribution in [3.8, 4) is 0 Å². The van der Waals surface area contributed by atoms with Crippen molar-refractivity contribution in [1.82, 2.24) is 14.8 Å². The van der Waals surface area contributed by atoms with Crippen LogP contribution in [0.1, 0.15) is 10.4 Å². The third-order valence-corrected chi connectivity index (χ3v) is 3.68. The molecule has 3 aromatic rings. The zero-order valence-corrected chi connectivity index (χ0v) is 13.8. The molecule has 0 bridgehead atoms. The third kappa shape index (κ3) is 2.95. The highest BCUT2D eigenvalue weighted by atomic mass is 19.1. The van der Waals surface area contributed by atoms with Crippen LogP contribution in [0.15, 0.2) is 24.4 Å². The van der Waals surface area contributed by atoms with E-state index in [1.165, 1.54) is 10.7 Å². The fraction of sp³-hybridized carbons (Fsp3) is 0.188. The Morgan fingerprint density at radius 2 is 2.00 bits per heavy atom. The number of anilines is 3. The summed E-state index contributed by atoms with van der Waals surface area (Å²) < 4.78 is 29.3. The minimum Gasteiger partial charge on any atom is -0.365 e. The van der Waals surface area contributed by atoms with E-state index in [-0.39, 0.29) is 11.4 Å². The van der Waals surface area contributed by atoms with Gasteiger partial charge in [-0.2, -0.15) is 5.10 Å². The van der Waals surface area contributed by atoms with Crippen LogP contribution in [-0.2, 0) is 7.05 Å². The van der Waals surface area contributed by atoms with Gasteiger partial charge in [0.05, 0.1) is 11.8 Å². The second kappa shape index (κ2) is 6.00. The molecule has 0 aliphatic carbocycles. The van der Waals surface area contributed by atoms with E-state index in [0.717, 1.165) is 12.3 Å². The maximum atomic E-state index is 14.5. The van der Waals surface area contributed by atoms with Crippen molar-refractivity contribution >= 4 is 34.1 Å². The quantitative estimate of drug-likeness (QED) is 0.756. The Kier molecular flexibility index (Phi) is 3.99. The van der Waals surface area contributed by atoms with Crippen LogP contribution in [0.25, 0.3) is 10.9 Å². The molecule has 2 aromatic heterocycles. The summed E-state index contributed by atoms with van der Waals surface area (Å²) in [4.78, 5) is 17.1. The molecule has 1 amide bonds. The minimum atomic E-state index is -0.841. The lowest BCUT2D eigenvalue weighted by molar-refractivity contribution is 0.100. The molecule has 130 valence electrons. The number of amides is 1. The normalized spacial score (nSPS) is 10.9. The predicted octanol–water partition coefficient (Wildman–Crippen LogP) is 2.15. The van der Waals surface area contributed by atoms with Crippen LogP contribution in [0.3, 0.4) is 0 Å². The zero-order valence-electron chi connectivity index (χ0n) is 13.8. The fourth-order valence-corrected chi connectivity index (χ4v) is 2.61. The summed E-state index contributed by atoms with van der Waals surface area (Å²) in [7, 11) is 5.25. The summed E-state index contributed by atoms with van der Waals surface area (Å²) in [6.45, 7) is 0. The van der Waals surface area contributed by atoms with Gasteiger partial charge in [0.2, 0.25) is 0 Å². The standard InChI is InChI=1S/C16H16F2N6O/c1-23(2)16-10-5-9(6-12(18)13(10)24(3)22-16)21-15-11(14(19)25)4-8(17)7-20-15/h4-7H,1-3H3,(H2,19,25)(H,20,21). The molecule has 9 heteroatoms. The smallest absolute Gasteiger partial charge is 0.252 e. The lowest BCUT2D eigenvalue weighted by atomic mass is 10.2. The molecule has 7 nitrogen and oxygen atoms in total. The number of halogens is 2. The molecule has 0 unspecified atom stereocenters. The Balaban J connectivity index is 2.12. The number of rotatable bonds is 4. The largest absolute Gasteiger partial charge is 0.365 e. The predicted molar refractivity (Wildman–Crippen MR) is 91.0 cm³/mol. The lowest BCUT2D eigenvalue weighted by Gasteiger charge is -2.11. The Hall–Kier alpha value is -3.23. The van der Waals surface area contributed by atoms with E-state index in [1.54, 1.807) is 32.1 Å². The second-order valence-corrected chi connectivity index (χ2v) is 5.73. The van der Waals surface area contributed by atoms with Gasteiger partial charge in [0.15, 0.2) is 11.6 Å². The van der Waals surface area contributed by atoms with Crippen molar-refractivity contribution in [2.24, 2.45) is 12.8 Å². The molecule has 0 atom stereocenters. The molecule has 0 fully saturated rings. The van der Waals surface area contributed by atoms with Gasteiger partial charge < -0.3 is 16.0 Å². The highest BCUT2D eigenvalue weighted by molar-refractivity contribution is 5.99. The van der Waals surface area contributed by atoms with Gasteiger partial charge in [0.1, 0.15) is 17.2 Å². The summed E-state index contributed by atoms with van der Waals surface area (Å²) in [6, 6.07) is 3.90. The van der Waals surface area contributed by atoms with E-state index < -0.39 is 17.5 Å². The van der Waals surface area contributed by atoms with Crippen LogP contribution in [0.2, 0.25) is 0 Å². The van der Waals surface area contributed by atoms with Crippen molar-refractivity contribution in [3.63, 3.8) is 0 Å². The highest BCUT2D eigenvalue weighted by Crippen LogP contribution is 2.31. The van der Waals surface area contributed by atoms with E-state index in [0.29, 0.717) is 22.4 Å². The molecule has 2 heterocycles. The molecule has 0 saturated carbocycles. The summed E-state index contributed by atoms with van der Waals surface area (Å²) in [6.07, 6.45) is 0.943. The summed E-state index contributed by atoms with van der Waals surface area (Å²) in [5.41, 5.74) is 5.80. The van der Waals surface area contributed by atoms with Crippen molar-refractivity contribution in [2.45, 2.75) is 0 Å². The van der Waals surface area contributed by atoms with Crippen molar-refractivity contribution in [3.05, 3.63) is 41.6 Å². The number of carbonyl (C=O) groups is 1. The number of aromatic nitrogens is 3. The number of primary amides is 1. The molecule has 0 radical (unpaired) electrons. The number of benzene rings is 1. The van der Waals surface area contributed by atoms with Crippen LogP contribution in [-0.4, -0.2) is 34.8 Å². The number of hydrogen-bond acceptors (Lipinski definition) is 5. The van der Waals surface area contributed by atoms with Crippen LogP contribution in [0, 0.1) is 11.6 Å². The van der Waals surface area contributed by atoms with Gasteiger partial charge in [-0.15, -0.1) is 0 Å². The molecule has 0 aliphatic rings. The Morgan fingerprint density at radius 3 is 2.64 bits per heavy atom. The topological polar surface area (TPSA) is 89.1 Å². The first-order valence-electron chi connectivity index (χ1n) is 7.34. The number of nitrogens with one attached hydrogen (secondary N) is 1. The Bertz CT molecular complexity index is 982. The molecular formula is C16H16F2N6O. The number of pyridine rings is 1. The number of hydrogen-bond donors (Lipinski definition) is 2. The van der Waals surface area contributed by atoms with Gasteiger partial charge in [-0.25, -0.2) is 13.8 Å². The van der Waals surface area contributed by atoms with Crippen LogP contribution >= 0.6 is 0 Å². The molecular weight excluding hydrogens is 330 g/mol. The Labute approximate surface area is 142 Å². The molecule has 3 N–H and O–H groups in total. The van der Waals surface area contributed by atoms with Gasteiger partial charge >= 0.3 is 0 Å². The van der Waals surface area contributed by atoms with E-state index in [2.05, 4.69) is 15.4 Å². The molecule has 0 spiro atoms. The number of nitrogens with two attached hydrogens (primary N) is 1. The zero-order chi connectivity index (χ0) is 18.3. The number of carbonyl (C=O) groups excluding carboxylic acids is 1. The average molecular weight is 346 g/mol. The number of fused-ring (bicyclic) bond motifs is 1. The average Bonchev–Trinajstić information content (AvgIpc) is 2.86. The van der Waals surface area contributed by atoms with Gasteiger partial charge in [-0.05, 0) is 18.2 Å². The van der Waals surface area contributed by atoms with E-state index in [9.17, 15) is 13.6 Å². The van der Waals surface area contributed by atoms with Gasteiger partial charge in [0, 0.05) is 32.2 Å². The first kappa shape index (κ1) is 16.6. The molecule has 3 rings (SSSR count). The summed E-state index contributed by atoms with van der Waals surface area (Å²) in [5.74, 6) is -1.40. The van der Waals surface area contributed by atoms with E-state index in [4.69, 9.17) is 5.73 Å². The minimum absolute atomic E-state index is 0.0444. The summed E-state index contributed by atoms with van der Waals surface area (Å²) in [5, 5.41) is 7.69. The van der Waals surface area contributed by atoms with Gasteiger partial charge in [-0.3, -0.25) is 9.48 Å². The van der Waals surface area contributed by atoms with Gasteiger partial charge in [0.25, 0.3) is 5.91 Å². The Morgan fingerprint density at radius 1 is 1.28 bits per heavy atom. The van der Waals surface area contributed by atoms with Crippen LogP contribution in [0.5, 0.6) is 0 Å². The maximum absolute atomic E-state index is 14.5.